The summed E-state index contributed by atoms with van der Waals surface area (Å²) in [5, 5.41) is 9.26. The third-order valence-electron chi connectivity index (χ3n) is 8.45. The molecule has 2 unspecified atom stereocenters. The van der Waals surface area contributed by atoms with Crippen LogP contribution >= 0.6 is 11.8 Å². The van der Waals surface area contributed by atoms with Crippen LogP contribution in [0.5, 0.6) is 0 Å². The molecule has 5 atom stereocenters. The molecular formula is C30H40N2O5S. The fourth-order valence-electron chi connectivity index (χ4n) is 6.90. The Morgan fingerprint density at radius 3 is 2.53 bits per heavy atom. The molecule has 1 N–H and O–H groups in total. The van der Waals surface area contributed by atoms with Crippen molar-refractivity contribution in [2.45, 2.75) is 68.4 Å². The van der Waals surface area contributed by atoms with E-state index in [1.807, 2.05) is 39.0 Å². The quantitative estimate of drug-likeness (QED) is 0.243. The standard InChI is InChI=1S/C30H40N2O5S/c1-6-16-31(24-20(3)12-11-13-21(24)4)27(35)25-30-15-14-29(5,38-30)23(28(36)37-19-7-2)22(30)26(34)32(25)17-9-8-10-18-33/h6-7,11-13,22-23,25,33H,1-2,8-10,14-19H2,3-5H3/t22-,23+,25?,29-,30?/m0/s1. The van der Waals surface area contributed by atoms with Crippen LogP contribution in [0.2, 0.25) is 0 Å². The molecule has 3 aliphatic heterocycles. The van der Waals surface area contributed by atoms with Gasteiger partial charge in [-0.1, -0.05) is 36.9 Å². The first-order valence-electron chi connectivity index (χ1n) is 13.5. The van der Waals surface area contributed by atoms with Gasteiger partial charge in [0.15, 0.2) is 0 Å². The number of ether oxygens (including phenoxy) is 1. The molecule has 1 spiro atoms. The van der Waals surface area contributed by atoms with Gasteiger partial charge in [0.05, 0.1) is 16.6 Å². The second-order valence-corrected chi connectivity index (χ2v) is 12.8. The summed E-state index contributed by atoms with van der Waals surface area (Å²) in [4.78, 5) is 45.7. The van der Waals surface area contributed by atoms with E-state index < -0.39 is 27.4 Å². The number of rotatable bonds is 12. The summed E-state index contributed by atoms with van der Waals surface area (Å²) >= 11 is 1.65. The Morgan fingerprint density at radius 2 is 1.89 bits per heavy atom. The minimum Gasteiger partial charge on any atom is -0.461 e. The van der Waals surface area contributed by atoms with Crippen LogP contribution < -0.4 is 4.90 Å². The number of fused-ring (bicyclic) bond motifs is 1. The third-order valence-corrected chi connectivity index (χ3v) is 10.4. The number of aliphatic hydroxyl groups is 1. The highest BCUT2D eigenvalue weighted by Crippen LogP contribution is 2.71. The van der Waals surface area contributed by atoms with Gasteiger partial charge in [-0.3, -0.25) is 14.4 Å². The van der Waals surface area contributed by atoms with Crippen molar-refractivity contribution < 1.29 is 24.2 Å². The molecule has 3 aliphatic rings. The highest BCUT2D eigenvalue weighted by molar-refractivity contribution is 8.02. The fourth-order valence-corrected chi connectivity index (χ4v) is 9.24. The van der Waals surface area contributed by atoms with Crippen LogP contribution in [0.25, 0.3) is 0 Å². The average molecular weight is 541 g/mol. The first kappa shape index (κ1) is 28.4. The van der Waals surface area contributed by atoms with Gasteiger partial charge in [-0.2, -0.15) is 0 Å². The first-order valence-corrected chi connectivity index (χ1v) is 14.4. The maximum Gasteiger partial charge on any atom is 0.311 e. The third kappa shape index (κ3) is 4.60. The van der Waals surface area contributed by atoms with Gasteiger partial charge in [0.25, 0.3) is 5.91 Å². The van der Waals surface area contributed by atoms with Crippen LogP contribution in [0.15, 0.2) is 43.5 Å². The van der Waals surface area contributed by atoms with E-state index in [0.717, 1.165) is 29.7 Å². The molecule has 4 rings (SSSR count). The van der Waals surface area contributed by atoms with Gasteiger partial charge in [-0.15, -0.1) is 18.3 Å². The van der Waals surface area contributed by atoms with E-state index in [0.29, 0.717) is 32.4 Å². The zero-order chi connectivity index (χ0) is 27.7. The van der Waals surface area contributed by atoms with Crippen molar-refractivity contribution in [3.8, 4) is 0 Å². The van der Waals surface area contributed by atoms with E-state index in [1.165, 1.54) is 6.08 Å². The highest BCUT2D eigenvalue weighted by atomic mass is 32.2. The summed E-state index contributed by atoms with van der Waals surface area (Å²) in [7, 11) is 0. The van der Waals surface area contributed by atoms with Gasteiger partial charge in [0, 0.05) is 30.1 Å². The summed E-state index contributed by atoms with van der Waals surface area (Å²) in [6, 6.07) is 5.25. The number of anilines is 1. The van der Waals surface area contributed by atoms with Crippen molar-refractivity contribution in [1.29, 1.82) is 0 Å². The number of amides is 2. The smallest absolute Gasteiger partial charge is 0.311 e. The number of aliphatic hydroxyl groups excluding tert-OH is 1. The molecule has 206 valence electrons. The largest absolute Gasteiger partial charge is 0.461 e. The van der Waals surface area contributed by atoms with Crippen LogP contribution in [0.4, 0.5) is 5.69 Å². The summed E-state index contributed by atoms with van der Waals surface area (Å²) in [5.74, 6) is -1.87. The van der Waals surface area contributed by atoms with Crippen molar-refractivity contribution >= 4 is 35.2 Å². The molecule has 0 aromatic heterocycles. The molecule has 3 saturated heterocycles. The van der Waals surface area contributed by atoms with E-state index in [2.05, 4.69) is 13.2 Å². The van der Waals surface area contributed by atoms with Crippen LogP contribution in [0.3, 0.4) is 0 Å². The lowest BCUT2D eigenvalue weighted by molar-refractivity contribution is -0.154. The Labute approximate surface area is 230 Å². The summed E-state index contributed by atoms with van der Waals surface area (Å²) in [5.41, 5.74) is 2.80. The second-order valence-electron chi connectivity index (χ2n) is 10.9. The van der Waals surface area contributed by atoms with Crippen LogP contribution in [-0.4, -0.2) is 69.6 Å². The van der Waals surface area contributed by atoms with E-state index >= 15 is 0 Å². The summed E-state index contributed by atoms with van der Waals surface area (Å²) < 4.78 is 4.33. The molecule has 2 amide bonds. The van der Waals surface area contributed by atoms with E-state index in [9.17, 15) is 19.5 Å². The molecule has 2 bridgehead atoms. The number of thioether (sulfide) groups is 1. The number of carbonyl (C=O) groups is 3. The summed E-state index contributed by atoms with van der Waals surface area (Å²) in [6.07, 6.45) is 6.75. The van der Waals surface area contributed by atoms with Crippen molar-refractivity contribution in [2.75, 3.05) is 31.2 Å². The predicted octanol–water partition coefficient (Wildman–Crippen LogP) is 4.20. The molecule has 0 saturated carbocycles. The Balaban J connectivity index is 1.78. The van der Waals surface area contributed by atoms with Crippen LogP contribution in [0, 0.1) is 25.7 Å². The van der Waals surface area contributed by atoms with Crippen molar-refractivity contribution in [3.63, 3.8) is 0 Å². The monoisotopic (exact) mass is 540 g/mol. The highest BCUT2D eigenvalue weighted by Gasteiger charge is 2.77. The maximum absolute atomic E-state index is 14.7. The Bertz CT molecular complexity index is 1100. The number of esters is 1. The molecular weight excluding hydrogens is 500 g/mol. The average Bonchev–Trinajstić information content (AvgIpc) is 3.45. The van der Waals surface area contributed by atoms with Gasteiger partial charge < -0.3 is 19.6 Å². The number of carbonyl (C=O) groups excluding carboxylic acids is 3. The molecule has 3 fully saturated rings. The van der Waals surface area contributed by atoms with Crippen molar-refractivity contribution in [1.82, 2.24) is 4.90 Å². The predicted molar refractivity (Wildman–Crippen MR) is 151 cm³/mol. The number of nitrogens with zero attached hydrogens (tertiary/aromatic N) is 2. The van der Waals surface area contributed by atoms with E-state index in [1.54, 1.807) is 27.6 Å². The van der Waals surface area contributed by atoms with E-state index in [-0.39, 0.29) is 31.0 Å². The summed E-state index contributed by atoms with van der Waals surface area (Å²) in [6.45, 7) is 14.5. The molecule has 0 radical (unpaired) electrons. The lowest BCUT2D eigenvalue weighted by Gasteiger charge is -2.38. The number of unbranched alkanes of at least 4 members (excludes halogenated alkanes) is 2. The number of para-hydroxylation sites is 1. The van der Waals surface area contributed by atoms with Crippen molar-refractivity contribution in [2.24, 2.45) is 11.8 Å². The molecule has 8 heteroatoms. The maximum atomic E-state index is 14.7. The zero-order valence-corrected chi connectivity index (χ0v) is 23.6. The first-order chi connectivity index (χ1) is 18.2. The van der Waals surface area contributed by atoms with Gasteiger partial charge in [-0.05, 0) is 64.0 Å². The molecule has 3 heterocycles. The molecule has 1 aromatic rings. The molecule has 1 aromatic carbocycles. The van der Waals surface area contributed by atoms with Crippen molar-refractivity contribution in [3.05, 3.63) is 54.6 Å². The Hall–Kier alpha value is -2.58. The number of aryl methyl sites for hydroxylation is 2. The van der Waals surface area contributed by atoms with Gasteiger partial charge >= 0.3 is 5.97 Å². The lowest BCUT2D eigenvalue weighted by Crippen LogP contribution is -2.55. The Kier molecular flexibility index (Phi) is 8.43. The SMILES string of the molecule is C=CCOC(=O)[C@H]1[C@H]2C(=O)N(CCCCCO)C(C(=O)N(CC=C)c3c(C)cccc3C)C23CC[C@]1(C)S3. The zero-order valence-electron chi connectivity index (χ0n) is 22.8. The van der Waals surface area contributed by atoms with E-state index in [4.69, 9.17) is 4.74 Å². The number of likely N-dealkylation sites (tertiary alicyclic amines) is 1. The van der Waals surface area contributed by atoms with Gasteiger partial charge in [0.2, 0.25) is 5.91 Å². The topological polar surface area (TPSA) is 87.1 Å². The number of benzene rings is 1. The fraction of sp³-hybridized carbons (Fsp3) is 0.567. The molecule has 38 heavy (non-hydrogen) atoms. The number of hydrogen-bond acceptors (Lipinski definition) is 6. The molecule has 0 aliphatic carbocycles. The normalized spacial score (nSPS) is 29.3. The second kappa shape index (κ2) is 11.3. The Morgan fingerprint density at radius 1 is 1.18 bits per heavy atom. The molecule has 7 nitrogen and oxygen atoms in total. The van der Waals surface area contributed by atoms with Crippen LogP contribution in [-0.2, 0) is 19.1 Å². The number of hydrogen-bond donors (Lipinski definition) is 1. The van der Waals surface area contributed by atoms with Crippen LogP contribution in [0.1, 0.15) is 50.2 Å². The lowest BCUT2D eigenvalue weighted by atomic mass is 9.66. The minimum atomic E-state index is -0.701. The van der Waals surface area contributed by atoms with Gasteiger partial charge in [-0.25, -0.2) is 0 Å². The van der Waals surface area contributed by atoms with Gasteiger partial charge in [0.1, 0.15) is 12.6 Å². The minimum absolute atomic E-state index is 0.0912.